The van der Waals surface area contributed by atoms with Crippen molar-refractivity contribution in [2.75, 3.05) is 19.6 Å². The molecule has 1 rings (SSSR count). The van der Waals surface area contributed by atoms with Crippen LogP contribution < -0.4 is 5.32 Å². The van der Waals surface area contributed by atoms with E-state index >= 15 is 0 Å². The van der Waals surface area contributed by atoms with E-state index in [1.165, 1.54) is 89.9 Å². The first-order chi connectivity index (χ1) is 11.3. The van der Waals surface area contributed by atoms with Gasteiger partial charge in [0.05, 0.1) is 0 Å². The molecule has 1 aliphatic rings. The van der Waals surface area contributed by atoms with E-state index < -0.39 is 0 Å². The number of urea groups is 1. The molecule has 0 spiro atoms. The summed E-state index contributed by atoms with van der Waals surface area (Å²) in [7, 11) is 0. The highest BCUT2D eigenvalue weighted by Gasteiger charge is 2.22. The highest BCUT2D eigenvalue weighted by molar-refractivity contribution is 5.76. The zero-order valence-electron chi connectivity index (χ0n) is 15.6. The Labute approximate surface area is 144 Å². The van der Waals surface area contributed by atoms with Crippen LogP contribution in [0.15, 0.2) is 0 Å². The van der Waals surface area contributed by atoms with Gasteiger partial charge in [0, 0.05) is 19.6 Å². The number of carbonyl (C=O) groups is 1. The normalized spacial score (nSPS) is 13.3. The van der Waals surface area contributed by atoms with Crippen molar-refractivity contribution in [3.8, 4) is 0 Å². The lowest BCUT2D eigenvalue weighted by Crippen LogP contribution is -2.29. The van der Waals surface area contributed by atoms with E-state index in [2.05, 4.69) is 12.2 Å². The first kappa shape index (κ1) is 20.3. The third-order valence-corrected chi connectivity index (χ3v) is 4.79. The second-order valence-electron chi connectivity index (χ2n) is 7.17. The van der Waals surface area contributed by atoms with Gasteiger partial charge in [0.15, 0.2) is 0 Å². The smallest absolute Gasteiger partial charge is 0.317 e. The molecule has 136 valence electrons. The molecule has 0 radical (unpaired) electrons. The monoisotopic (exact) mass is 324 g/mol. The number of unbranched alkanes of at least 4 members (excludes halogenated alkanes) is 14. The maximum atomic E-state index is 11.4. The molecule has 3 nitrogen and oxygen atoms in total. The highest BCUT2D eigenvalue weighted by Crippen LogP contribution is 2.13. The van der Waals surface area contributed by atoms with E-state index in [0.717, 1.165) is 26.1 Å². The molecule has 0 saturated carbocycles. The van der Waals surface area contributed by atoms with Crippen molar-refractivity contribution in [2.24, 2.45) is 0 Å². The summed E-state index contributed by atoms with van der Waals surface area (Å²) in [6.07, 6.45) is 20.8. The summed E-state index contributed by atoms with van der Waals surface area (Å²) in [5.74, 6) is 0. The van der Waals surface area contributed by atoms with E-state index in [4.69, 9.17) is 0 Å². The van der Waals surface area contributed by atoms with Gasteiger partial charge in [0.1, 0.15) is 0 Å². The van der Waals surface area contributed by atoms with Gasteiger partial charge in [0.25, 0.3) is 0 Å². The molecular formula is C20H40N2O. The standard InChI is InChI=1S/C20H40N2O/c1-2-3-4-5-6-7-8-9-10-11-12-13-14-15-16-17-21-20(23)22-18-19-22/h2-19H2,1H3,(H,21,23). The van der Waals surface area contributed by atoms with Crippen LogP contribution in [0.2, 0.25) is 0 Å². The second-order valence-corrected chi connectivity index (χ2v) is 7.17. The van der Waals surface area contributed by atoms with Gasteiger partial charge in [-0.1, -0.05) is 96.8 Å². The molecular weight excluding hydrogens is 284 g/mol. The minimum Gasteiger partial charge on any atom is -0.338 e. The topological polar surface area (TPSA) is 32.1 Å². The zero-order valence-corrected chi connectivity index (χ0v) is 15.6. The lowest BCUT2D eigenvalue weighted by molar-refractivity contribution is 0.229. The minimum atomic E-state index is 0.135. The van der Waals surface area contributed by atoms with E-state index in [1.807, 2.05) is 4.90 Å². The molecule has 1 saturated heterocycles. The van der Waals surface area contributed by atoms with Crippen molar-refractivity contribution < 1.29 is 4.79 Å². The largest absolute Gasteiger partial charge is 0.338 e. The molecule has 0 atom stereocenters. The van der Waals surface area contributed by atoms with Crippen molar-refractivity contribution in [2.45, 2.75) is 103 Å². The highest BCUT2D eigenvalue weighted by atomic mass is 16.2. The Hall–Kier alpha value is -0.730. The first-order valence-corrected chi connectivity index (χ1v) is 10.4. The number of amides is 2. The SMILES string of the molecule is CCCCCCCCCCCCCCCCCNC(=O)N1CC1. The zero-order chi connectivity index (χ0) is 16.6. The van der Waals surface area contributed by atoms with Crippen LogP contribution in [0.1, 0.15) is 103 Å². The summed E-state index contributed by atoms with van der Waals surface area (Å²) < 4.78 is 0. The molecule has 0 unspecified atom stereocenters. The van der Waals surface area contributed by atoms with Crippen molar-refractivity contribution in [3.05, 3.63) is 0 Å². The summed E-state index contributed by atoms with van der Waals surface area (Å²) in [6.45, 7) is 5.04. The van der Waals surface area contributed by atoms with Gasteiger partial charge in [0.2, 0.25) is 0 Å². The van der Waals surface area contributed by atoms with E-state index in [1.54, 1.807) is 0 Å². The van der Waals surface area contributed by atoms with Gasteiger partial charge in [-0.15, -0.1) is 0 Å². The summed E-state index contributed by atoms with van der Waals surface area (Å²) in [5, 5.41) is 2.98. The van der Waals surface area contributed by atoms with Crippen LogP contribution in [-0.4, -0.2) is 30.6 Å². The lowest BCUT2D eigenvalue weighted by Gasteiger charge is -2.05. The minimum absolute atomic E-state index is 0.135. The van der Waals surface area contributed by atoms with E-state index in [0.29, 0.717) is 0 Å². The Morgan fingerprint density at radius 1 is 0.696 bits per heavy atom. The van der Waals surface area contributed by atoms with Crippen LogP contribution in [-0.2, 0) is 0 Å². The Bertz CT molecular complexity index is 277. The number of nitrogens with zero attached hydrogens (tertiary/aromatic N) is 1. The molecule has 0 aromatic rings. The van der Waals surface area contributed by atoms with Crippen LogP contribution in [0, 0.1) is 0 Å². The Balaban J connectivity index is 1.64. The van der Waals surface area contributed by atoms with Gasteiger partial charge >= 0.3 is 6.03 Å². The third kappa shape index (κ3) is 13.4. The molecule has 1 aliphatic heterocycles. The molecule has 0 aliphatic carbocycles. The lowest BCUT2D eigenvalue weighted by atomic mass is 10.0. The van der Waals surface area contributed by atoms with Gasteiger partial charge in [-0.25, -0.2) is 4.79 Å². The third-order valence-electron chi connectivity index (χ3n) is 4.79. The summed E-state index contributed by atoms with van der Waals surface area (Å²) in [5.41, 5.74) is 0. The summed E-state index contributed by atoms with van der Waals surface area (Å²) in [4.78, 5) is 13.2. The van der Waals surface area contributed by atoms with Crippen molar-refractivity contribution in [1.29, 1.82) is 0 Å². The Morgan fingerprint density at radius 3 is 1.48 bits per heavy atom. The predicted octanol–water partition coefficient (Wildman–Crippen LogP) is 5.88. The number of nitrogens with one attached hydrogen (secondary N) is 1. The van der Waals surface area contributed by atoms with Crippen molar-refractivity contribution >= 4 is 6.03 Å². The molecule has 2 amide bonds. The van der Waals surface area contributed by atoms with E-state index in [9.17, 15) is 4.79 Å². The van der Waals surface area contributed by atoms with Crippen LogP contribution in [0.4, 0.5) is 4.79 Å². The molecule has 1 fully saturated rings. The fourth-order valence-electron chi connectivity index (χ4n) is 3.06. The predicted molar refractivity (Wildman–Crippen MR) is 99.9 cm³/mol. The fourth-order valence-corrected chi connectivity index (χ4v) is 3.06. The Kier molecular flexibility index (Phi) is 13.1. The maximum absolute atomic E-state index is 11.4. The van der Waals surface area contributed by atoms with Crippen LogP contribution in [0.5, 0.6) is 0 Å². The number of carbonyl (C=O) groups excluding carboxylic acids is 1. The average molecular weight is 325 g/mol. The molecule has 0 aromatic carbocycles. The van der Waals surface area contributed by atoms with Gasteiger partial charge < -0.3 is 10.2 Å². The fraction of sp³-hybridized carbons (Fsp3) is 0.950. The maximum Gasteiger partial charge on any atom is 0.317 e. The molecule has 0 bridgehead atoms. The molecule has 1 heterocycles. The quantitative estimate of drug-likeness (QED) is 0.279. The number of hydrogen-bond donors (Lipinski definition) is 1. The molecule has 1 N–H and O–H groups in total. The summed E-state index contributed by atoms with van der Waals surface area (Å²) in [6, 6.07) is 0.135. The molecule has 3 heteroatoms. The summed E-state index contributed by atoms with van der Waals surface area (Å²) >= 11 is 0. The Morgan fingerprint density at radius 2 is 1.09 bits per heavy atom. The second kappa shape index (κ2) is 14.8. The van der Waals surface area contributed by atoms with Crippen LogP contribution in [0.25, 0.3) is 0 Å². The van der Waals surface area contributed by atoms with Gasteiger partial charge in [-0.2, -0.15) is 0 Å². The van der Waals surface area contributed by atoms with Gasteiger partial charge in [-0.3, -0.25) is 0 Å². The van der Waals surface area contributed by atoms with E-state index in [-0.39, 0.29) is 6.03 Å². The molecule has 23 heavy (non-hydrogen) atoms. The van der Waals surface area contributed by atoms with Crippen LogP contribution in [0.3, 0.4) is 0 Å². The van der Waals surface area contributed by atoms with Gasteiger partial charge in [-0.05, 0) is 6.42 Å². The average Bonchev–Trinajstić information content (AvgIpc) is 3.39. The van der Waals surface area contributed by atoms with Crippen molar-refractivity contribution in [3.63, 3.8) is 0 Å². The molecule has 0 aromatic heterocycles. The van der Waals surface area contributed by atoms with Crippen molar-refractivity contribution in [1.82, 2.24) is 10.2 Å². The number of rotatable bonds is 16. The first-order valence-electron chi connectivity index (χ1n) is 10.4. The number of hydrogen-bond acceptors (Lipinski definition) is 1. The van der Waals surface area contributed by atoms with Crippen LogP contribution >= 0.6 is 0 Å².